The first-order valence-corrected chi connectivity index (χ1v) is 16.5. The normalized spacial score (nSPS) is 13.3. The molecule has 0 radical (unpaired) electrons. The van der Waals surface area contributed by atoms with Gasteiger partial charge in [-0.2, -0.15) is 0 Å². The number of carbonyl (C=O) groups is 8. The number of hydrogen-bond acceptors (Lipinski definition) is 10. The second kappa shape index (κ2) is 20.9. The van der Waals surface area contributed by atoms with E-state index in [4.69, 9.17) is 10.5 Å². The molecule has 1 aromatic carbocycles. The summed E-state index contributed by atoms with van der Waals surface area (Å²) in [5.74, 6) is -3.39. The molecule has 1 aliphatic rings. The summed E-state index contributed by atoms with van der Waals surface area (Å²) in [5, 5.41) is 22.9. The highest BCUT2D eigenvalue weighted by molar-refractivity contribution is 6.13. The SMILES string of the molecule is CC(=O)N[C@H](C(=O)N[C@@H](CCCNC(N)=O)C(=O)N(C)c1ccc(CO)c(OCC(=O)NCCCNC(=O)CCN2C(=O)C=CC2=O)c1)C(C)C. The lowest BCUT2D eigenvalue weighted by Gasteiger charge is -2.28. The van der Waals surface area contributed by atoms with E-state index in [0.717, 1.165) is 17.1 Å². The van der Waals surface area contributed by atoms with Gasteiger partial charge in [0.1, 0.15) is 17.8 Å². The van der Waals surface area contributed by atoms with Gasteiger partial charge < -0.3 is 47.1 Å². The molecule has 0 fully saturated rings. The number of primary amides is 1. The number of hydrogen-bond donors (Lipinski definition) is 7. The van der Waals surface area contributed by atoms with Gasteiger partial charge in [-0.1, -0.05) is 19.9 Å². The number of aliphatic hydroxyl groups excluding tert-OH is 1. The summed E-state index contributed by atoms with van der Waals surface area (Å²) in [7, 11) is 1.47. The smallest absolute Gasteiger partial charge is 0.312 e. The van der Waals surface area contributed by atoms with Crippen molar-refractivity contribution in [3.63, 3.8) is 0 Å². The fraction of sp³-hybridized carbons (Fsp3) is 0.515. The molecule has 0 unspecified atom stereocenters. The maximum atomic E-state index is 13.7. The highest BCUT2D eigenvalue weighted by Crippen LogP contribution is 2.26. The minimum atomic E-state index is -1.06. The number of nitrogens with two attached hydrogens (primary N) is 1. The van der Waals surface area contributed by atoms with Crippen molar-refractivity contribution in [2.75, 3.05) is 44.7 Å². The van der Waals surface area contributed by atoms with Crippen molar-refractivity contribution in [2.45, 2.75) is 65.1 Å². The predicted molar refractivity (Wildman–Crippen MR) is 184 cm³/mol. The molecule has 2 rings (SSSR count). The van der Waals surface area contributed by atoms with Gasteiger partial charge in [0.05, 0.1) is 6.61 Å². The van der Waals surface area contributed by atoms with Crippen LogP contribution >= 0.6 is 0 Å². The lowest BCUT2D eigenvalue weighted by atomic mass is 10.0. The van der Waals surface area contributed by atoms with E-state index in [2.05, 4.69) is 26.6 Å². The summed E-state index contributed by atoms with van der Waals surface area (Å²) in [6.07, 6.45) is 3.05. The molecular weight excluding hydrogens is 668 g/mol. The van der Waals surface area contributed by atoms with Gasteiger partial charge in [-0.15, -0.1) is 0 Å². The zero-order valence-electron chi connectivity index (χ0n) is 29.3. The fourth-order valence-corrected chi connectivity index (χ4v) is 4.86. The lowest BCUT2D eigenvalue weighted by Crippen LogP contribution is -2.55. The maximum absolute atomic E-state index is 13.7. The number of likely N-dealkylation sites (N-methyl/N-ethyl adjacent to an activating group) is 1. The first-order chi connectivity index (χ1) is 24.1. The summed E-state index contributed by atoms with van der Waals surface area (Å²) < 4.78 is 5.67. The number of aliphatic hydroxyl groups is 1. The summed E-state index contributed by atoms with van der Waals surface area (Å²) in [6, 6.07) is 1.86. The van der Waals surface area contributed by atoms with Gasteiger partial charge in [0.25, 0.3) is 17.7 Å². The van der Waals surface area contributed by atoms with Crippen LogP contribution < -0.4 is 42.0 Å². The Morgan fingerprint density at radius 3 is 2.14 bits per heavy atom. The summed E-state index contributed by atoms with van der Waals surface area (Å²) in [4.78, 5) is 99.5. The Hall–Kier alpha value is -5.52. The van der Waals surface area contributed by atoms with Crippen molar-refractivity contribution in [1.29, 1.82) is 0 Å². The van der Waals surface area contributed by atoms with E-state index in [1.807, 2.05) is 0 Å². The molecule has 51 heavy (non-hydrogen) atoms. The van der Waals surface area contributed by atoms with Crippen LogP contribution in [-0.4, -0.2) is 109 Å². The van der Waals surface area contributed by atoms with Crippen molar-refractivity contribution in [2.24, 2.45) is 11.7 Å². The second-order valence-corrected chi connectivity index (χ2v) is 12.0. The van der Waals surface area contributed by atoms with Gasteiger partial charge in [-0.05, 0) is 31.2 Å². The lowest BCUT2D eigenvalue weighted by molar-refractivity contribution is -0.137. The molecule has 18 heteroatoms. The van der Waals surface area contributed by atoms with Crippen molar-refractivity contribution >= 4 is 53.1 Å². The Morgan fingerprint density at radius 2 is 1.55 bits per heavy atom. The Kier molecular flexibility index (Phi) is 17.0. The molecule has 280 valence electrons. The second-order valence-electron chi connectivity index (χ2n) is 12.0. The number of urea groups is 1. The topological polar surface area (TPSA) is 259 Å². The minimum absolute atomic E-state index is 0.0303. The molecule has 0 spiro atoms. The Labute approximate surface area is 295 Å². The minimum Gasteiger partial charge on any atom is -0.483 e. The fourth-order valence-electron chi connectivity index (χ4n) is 4.86. The van der Waals surface area contributed by atoms with Crippen LogP contribution in [0.15, 0.2) is 30.4 Å². The number of ether oxygens (including phenoxy) is 1. The van der Waals surface area contributed by atoms with Crippen molar-refractivity contribution < 1.29 is 48.2 Å². The molecule has 0 aromatic heterocycles. The molecule has 0 bridgehead atoms. The highest BCUT2D eigenvalue weighted by atomic mass is 16.5. The third-order valence-corrected chi connectivity index (χ3v) is 7.65. The van der Waals surface area contributed by atoms with E-state index in [1.165, 1.54) is 31.0 Å². The van der Waals surface area contributed by atoms with E-state index in [-0.39, 0.29) is 56.6 Å². The molecule has 9 amide bonds. The van der Waals surface area contributed by atoms with Gasteiger partial charge in [-0.3, -0.25) is 38.5 Å². The zero-order chi connectivity index (χ0) is 38.1. The van der Waals surface area contributed by atoms with E-state index < -0.39 is 66.8 Å². The number of rotatable bonds is 21. The number of nitrogens with one attached hydrogen (secondary N) is 5. The highest BCUT2D eigenvalue weighted by Gasteiger charge is 2.30. The Morgan fingerprint density at radius 1 is 0.922 bits per heavy atom. The molecule has 1 aromatic rings. The summed E-state index contributed by atoms with van der Waals surface area (Å²) >= 11 is 0. The van der Waals surface area contributed by atoms with Gasteiger partial charge in [0.2, 0.25) is 23.6 Å². The quantitative estimate of drug-likeness (QED) is 0.0575. The molecule has 2 atom stereocenters. The number of imide groups is 1. The van der Waals surface area contributed by atoms with Crippen molar-refractivity contribution in [3.8, 4) is 5.75 Å². The number of nitrogens with zero attached hydrogens (tertiary/aromatic N) is 2. The summed E-state index contributed by atoms with van der Waals surface area (Å²) in [6.45, 7) is 4.51. The van der Waals surface area contributed by atoms with E-state index in [0.29, 0.717) is 24.1 Å². The van der Waals surface area contributed by atoms with Crippen molar-refractivity contribution in [3.05, 3.63) is 35.9 Å². The van der Waals surface area contributed by atoms with Crippen LogP contribution in [0.1, 0.15) is 52.0 Å². The molecule has 0 saturated carbocycles. The number of amides is 9. The predicted octanol–water partition coefficient (Wildman–Crippen LogP) is -1.45. The molecule has 0 aliphatic carbocycles. The van der Waals surface area contributed by atoms with Crippen molar-refractivity contribution in [1.82, 2.24) is 31.5 Å². The van der Waals surface area contributed by atoms with Gasteiger partial charge >= 0.3 is 6.03 Å². The number of benzene rings is 1. The monoisotopic (exact) mass is 716 g/mol. The van der Waals surface area contributed by atoms with E-state index in [1.54, 1.807) is 19.9 Å². The standard InChI is InChI=1S/C33H48N8O10/c1-20(2)30(38-21(3)43)31(48)39-24(7-5-13-37-33(34)50)32(49)40(4)23-9-8-22(18-42)25(17-23)51-19-27(45)36-15-6-14-35-26(44)12-16-41-28(46)10-11-29(41)47/h8-11,17,20,24,30,42H,5-7,12-16,18-19H2,1-4H3,(H,35,44)(H,36,45)(H,38,43)(H,39,48)(H3,34,37,50)/t24-,30-/m0/s1. The van der Waals surface area contributed by atoms with Crippen LogP contribution in [0.2, 0.25) is 0 Å². The van der Waals surface area contributed by atoms with E-state index >= 15 is 0 Å². The first kappa shape index (κ1) is 41.7. The molecule has 18 nitrogen and oxygen atoms in total. The largest absolute Gasteiger partial charge is 0.483 e. The van der Waals surface area contributed by atoms with Gasteiger partial charge in [0.15, 0.2) is 6.61 Å². The average Bonchev–Trinajstić information content (AvgIpc) is 3.40. The Balaban J connectivity index is 1.96. The van der Waals surface area contributed by atoms with Crippen LogP contribution in [0.25, 0.3) is 0 Å². The van der Waals surface area contributed by atoms with E-state index in [9.17, 15) is 43.5 Å². The maximum Gasteiger partial charge on any atom is 0.312 e. The van der Waals surface area contributed by atoms with Crippen LogP contribution in [0.5, 0.6) is 5.75 Å². The van der Waals surface area contributed by atoms with Crippen LogP contribution in [0.4, 0.5) is 10.5 Å². The summed E-state index contributed by atoms with van der Waals surface area (Å²) in [5.41, 5.74) is 5.81. The third kappa shape index (κ3) is 14.1. The number of anilines is 1. The molecule has 8 N–H and O–H groups in total. The average molecular weight is 717 g/mol. The molecule has 1 aliphatic heterocycles. The molecular formula is C33H48N8O10. The van der Waals surface area contributed by atoms with Gasteiger partial charge in [-0.25, -0.2) is 4.79 Å². The van der Waals surface area contributed by atoms with Gasteiger partial charge in [0, 0.05) is 76.0 Å². The third-order valence-electron chi connectivity index (χ3n) is 7.65. The first-order valence-electron chi connectivity index (χ1n) is 16.5. The number of carbonyl (C=O) groups excluding carboxylic acids is 8. The van der Waals surface area contributed by atoms with Crippen LogP contribution in [0, 0.1) is 5.92 Å². The van der Waals surface area contributed by atoms with Crippen LogP contribution in [-0.2, 0) is 40.2 Å². The molecule has 0 saturated heterocycles. The Bertz CT molecular complexity index is 1460. The van der Waals surface area contributed by atoms with Crippen LogP contribution in [0.3, 0.4) is 0 Å². The molecule has 1 heterocycles. The zero-order valence-corrected chi connectivity index (χ0v) is 29.3.